The van der Waals surface area contributed by atoms with Crippen LogP contribution in [0.3, 0.4) is 0 Å². The van der Waals surface area contributed by atoms with E-state index < -0.39 is 6.43 Å². The summed E-state index contributed by atoms with van der Waals surface area (Å²) in [5.74, 6) is 0. The Hall–Kier alpha value is -0.180. The van der Waals surface area contributed by atoms with Crippen molar-refractivity contribution >= 4 is 0 Å². The summed E-state index contributed by atoms with van der Waals surface area (Å²) in [5.41, 5.74) is 0.152. The van der Waals surface area contributed by atoms with Gasteiger partial charge in [-0.25, -0.2) is 8.78 Å². The van der Waals surface area contributed by atoms with E-state index >= 15 is 0 Å². The predicted molar refractivity (Wildman–Crippen MR) is 56.8 cm³/mol. The zero-order valence-electron chi connectivity index (χ0n) is 9.82. The summed E-state index contributed by atoms with van der Waals surface area (Å²) in [7, 11) is 1.76. The molecule has 0 aliphatic heterocycles. The van der Waals surface area contributed by atoms with Gasteiger partial charge in [0.05, 0.1) is 6.54 Å². The SMILES string of the molecule is CCCCC(C)(C)CN(C)CC(F)F. The maximum absolute atomic E-state index is 12.1. The number of unbranched alkanes of at least 4 members (excludes halogenated alkanes) is 1. The van der Waals surface area contributed by atoms with E-state index in [1.54, 1.807) is 11.9 Å². The molecule has 0 aromatic heterocycles. The van der Waals surface area contributed by atoms with Crippen molar-refractivity contribution in [1.29, 1.82) is 0 Å². The number of alkyl halides is 2. The molecule has 0 aromatic rings. The average molecular weight is 207 g/mol. The van der Waals surface area contributed by atoms with Crippen LogP contribution in [-0.4, -0.2) is 31.5 Å². The van der Waals surface area contributed by atoms with Crippen molar-refractivity contribution in [1.82, 2.24) is 4.90 Å². The molecule has 0 amide bonds. The average Bonchev–Trinajstić information content (AvgIpc) is 1.98. The molecule has 14 heavy (non-hydrogen) atoms. The first-order valence-corrected chi connectivity index (χ1v) is 5.34. The Bertz CT molecular complexity index is 146. The van der Waals surface area contributed by atoms with Crippen LogP contribution in [0.25, 0.3) is 0 Å². The van der Waals surface area contributed by atoms with Crippen LogP contribution in [0.15, 0.2) is 0 Å². The summed E-state index contributed by atoms with van der Waals surface area (Å²) >= 11 is 0. The lowest BCUT2D eigenvalue weighted by molar-refractivity contribution is 0.0801. The highest BCUT2D eigenvalue weighted by atomic mass is 19.3. The van der Waals surface area contributed by atoms with Crippen molar-refractivity contribution in [3.8, 4) is 0 Å². The molecule has 3 heteroatoms. The van der Waals surface area contributed by atoms with Gasteiger partial charge in [0.25, 0.3) is 6.43 Å². The summed E-state index contributed by atoms with van der Waals surface area (Å²) in [6, 6.07) is 0. The van der Waals surface area contributed by atoms with Gasteiger partial charge in [0, 0.05) is 6.54 Å². The highest BCUT2D eigenvalue weighted by Gasteiger charge is 2.20. The highest BCUT2D eigenvalue weighted by molar-refractivity contribution is 4.72. The van der Waals surface area contributed by atoms with E-state index in [0.717, 1.165) is 13.0 Å². The Morgan fingerprint density at radius 2 is 1.86 bits per heavy atom. The second-order valence-corrected chi connectivity index (χ2v) is 4.86. The summed E-state index contributed by atoms with van der Waals surface area (Å²) in [6.07, 6.45) is 1.23. The lowest BCUT2D eigenvalue weighted by Gasteiger charge is -2.30. The van der Waals surface area contributed by atoms with Crippen LogP contribution in [-0.2, 0) is 0 Å². The first-order valence-electron chi connectivity index (χ1n) is 5.34. The third-order valence-electron chi connectivity index (χ3n) is 2.35. The fourth-order valence-electron chi connectivity index (χ4n) is 1.77. The number of hydrogen-bond donors (Lipinski definition) is 0. The van der Waals surface area contributed by atoms with Gasteiger partial charge in [-0.2, -0.15) is 0 Å². The van der Waals surface area contributed by atoms with Crippen molar-refractivity contribution in [2.24, 2.45) is 5.41 Å². The van der Waals surface area contributed by atoms with E-state index in [9.17, 15) is 8.78 Å². The fourth-order valence-corrected chi connectivity index (χ4v) is 1.77. The van der Waals surface area contributed by atoms with Crippen LogP contribution < -0.4 is 0 Å². The molecule has 0 saturated carbocycles. The molecular formula is C11H23F2N. The molecule has 0 heterocycles. The molecule has 0 aromatic carbocycles. The van der Waals surface area contributed by atoms with Crippen molar-refractivity contribution < 1.29 is 8.78 Å². The van der Waals surface area contributed by atoms with E-state index in [1.807, 2.05) is 0 Å². The van der Waals surface area contributed by atoms with Crippen molar-refractivity contribution in [2.75, 3.05) is 20.1 Å². The Kier molecular flexibility index (Phi) is 6.25. The fraction of sp³-hybridized carbons (Fsp3) is 1.00. The van der Waals surface area contributed by atoms with Gasteiger partial charge in [0.15, 0.2) is 0 Å². The molecule has 0 rings (SSSR count). The maximum Gasteiger partial charge on any atom is 0.251 e. The van der Waals surface area contributed by atoms with Gasteiger partial charge in [-0.15, -0.1) is 0 Å². The van der Waals surface area contributed by atoms with Crippen molar-refractivity contribution in [2.45, 2.75) is 46.5 Å². The maximum atomic E-state index is 12.1. The molecule has 0 spiro atoms. The van der Waals surface area contributed by atoms with Crippen LogP contribution in [0.1, 0.15) is 40.0 Å². The molecule has 0 saturated heterocycles. The Labute approximate surface area is 86.5 Å². The molecule has 0 aliphatic rings. The van der Waals surface area contributed by atoms with Gasteiger partial charge >= 0.3 is 0 Å². The predicted octanol–water partition coefficient (Wildman–Crippen LogP) is 3.40. The molecule has 0 unspecified atom stereocenters. The second-order valence-electron chi connectivity index (χ2n) is 4.86. The summed E-state index contributed by atoms with van der Waals surface area (Å²) in [4.78, 5) is 1.72. The van der Waals surface area contributed by atoms with Crippen LogP contribution in [0.2, 0.25) is 0 Å². The van der Waals surface area contributed by atoms with Gasteiger partial charge in [-0.3, -0.25) is 0 Å². The number of rotatable bonds is 7. The molecule has 0 atom stereocenters. The van der Waals surface area contributed by atoms with Crippen molar-refractivity contribution in [3.63, 3.8) is 0 Å². The van der Waals surface area contributed by atoms with E-state index in [2.05, 4.69) is 20.8 Å². The third-order valence-corrected chi connectivity index (χ3v) is 2.35. The number of hydrogen-bond acceptors (Lipinski definition) is 1. The molecular weight excluding hydrogens is 184 g/mol. The topological polar surface area (TPSA) is 3.24 Å². The monoisotopic (exact) mass is 207 g/mol. The Morgan fingerprint density at radius 3 is 2.29 bits per heavy atom. The molecule has 0 bridgehead atoms. The standard InChI is InChI=1S/C11H23F2N/c1-5-6-7-11(2,3)9-14(4)8-10(12)13/h10H,5-9H2,1-4H3. The largest absolute Gasteiger partial charge is 0.300 e. The quantitative estimate of drug-likeness (QED) is 0.618. The van der Waals surface area contributed by atoms with Crippen LogP contribution in [0, 0.1) is 5.41 Å². The normalized spacial score (nSPS) is 12.9. The van der Waals surface area contributed by atoms with Gasteiger partial charge in [-0.1, -0.05) is 33.6 Å². The number of nitrogens with zero attached hydrogens (tertiary/aromatic N) is 1. The lowest BCUT2D eigenvalue weighted by atomic mass is 9.87. The lowest BCUT2D eigenvalue weighted by Crippen LogP contribution is -2.34. The van der Waals surface area contributed by atoms with E-state index in [1.165, 1.54) is 12.8 Å². The first kappa shape index (κ1) is 13.8. The molecule has 86 valence electrons. The zero-order valence-corrected chi connectivity index (χ0v) is 9.82. The number of halogens is 2. The van der Waals surface area contributed by atoms with Crippen LogP contribution in [0.5, 0.6) is 0 Å². The molecule has 1 nitrogen and oxygen atoms in total. The smallest absolute Gasteiger partial charge is 0.251 e. The Morgan fingerprint density at radius 1 is 1.29 bits per heavy atom. The minimum absolute atomic E-state index is 0.116. The zero-order chi connectivity index (χ0) is 11.2. The van der Waals surface area contributed by atoms with E-state index in [0.29, 0.717) is 0 Å². The minimum atomic E-state index is -2.22. The van der Waals surface area contributed by atoms with E-state index in [-0.39, 0.29) is 12.0 Å². The Balaban J connectivity index is 3.82. The third kappa shape index (κ3) is 7.25. The summed E-state index contributed by atoms with van der Waals surface area (Å²) in [5, 5.41) is 0. The van der Waals surface area contributed by atoms with Gasteiger partial charge < -0.3 is 4.90 Å². The second kappa shape index (κ2) is 6.33. The molecule has 0 N–H and O–H groups in total. The molecule has 0 radical (unpaired) electrons. The first-order chi connectivity index (χ1) is 6.37. The van der Waals surface area contributed by atoms with Gasteiger partial charge in [-0.05, 0) is 18.9 Å². The molecule has 0 fully saturated rings. The summed E-state index contributed by atoms with van der Waals surface area (Å²) in [6.45, 7) is 7.07. The molecule has 0 aliphatic carbocycles. The van der Waals surface area contributed by atoms with E-state index in [4.69, 9.17) is 0 Å². The van der Waals surface area contributed by atoms with Crippen LogP contribution in [0.4, 0.5) is 8.78 Å². The van der Waals surface area contributed by atoms with Gasteiger partial charge in [0.2, 0.25) is 0 Å². The highest BCUT2D eigenvalue weighted by Crippen LogP contribution is 2.24. The summed E-state index contributed by atoms with van der Waals surface area (Å²) < 4.78 is 24.1. The van der Waals surface area contributed by atoms with Crippen molar-refractivity contribution in [3.05, 3.63) is 0 Å². The van der Waals surface area contributed by atoms with Crippen LogP contribution >= 0.6 is 0 Å². The minimum Gasteiger partial charge on any atom is -0.300 e. The van der Waals surface area contributed by atoms with Gasteiger partial charge in [0.1, 0.15) is 0 Å².